The average molecular weight is 247 g/mol. The molecule has 2 aromatic rings. The highest BCUT2D eigenvalue weighted by molar-refractivity contribution is 7.09. The molecule has 0 saturated carbocycles. The van der Waals surface area contributed by atoms with E-state index in [1.54, 1.807) is 11.3 Å². The molecule has 0 radical (unpaired) electrons. The van der Waals surface area contributed by atoms with Gasteiger partial charge < -0.3 is 5.32 Å². The predicted molar refractivity (Wildman–Crippen MR) is 72.5 cm³/mol. The van der Waals surface area contributed by atoms with Crippen molar-refractivity contribution in [3.8, 4) is 0 Å². The molecule has 0 aromatic carbocycles. The number of nitrogens with one attached hydrogen (secondary N) is 1. The fourth-order valence-electron chi connectivity index (χ4n) is 1.61. The van der Waals surface area contributed by atoms with Crippen LogP contribution in [0.1, 0.15) is 36.3 Å². The van der Waals surface area contributed by atoms with Crippen LogP contribution < -0.4 is 5.32 Å². The van der Waals surface area contributed by atoms with Gasteiger partial charge in [-0.2, -0.15) is 0 Å². The largest absolute Gasteiger partial charge is 0.362 e. The van der Waals surface area contributed by atoms with Gasteiger partial charge in [-0.25, -0.2) is 9.97 Å². The topological polar surface area (TPSA) is 37.8 Å². The van der Waals surface area contributed by atoms with Crippen LogP contribution in [0.4, 0.5) is 5.82 Å². The number of hydrogen-bond donors (Lipinski definition) is 1. The summed E-state index contributed by atoms with van der Waals surface area (Å²) in [4.78, 5) is 9.01. The van der Waals surface area contributed by atoms with Gasteiger partial charge in [0, 0.05) is 11.1 Å². The zero-order chi connectivity index (χ0) is 12.3. The number of thiazole rings is 1. The number of hydrogen-bond acceptors (Lipinski definition) is 4. The molecule has 17 heavy (non-hydrogen) atoms. The Morgan fingerprint density at radius 1 is 1.35 bits per heavy atom. The molecule has 0 bridgehead atoms. The fourth-order valence-corrected chi connectivity index (χ4v) is 2.44. The number of anilines is 1. The van der Waals surface area contributed by atoms with E-state index in [1.165, 1.54) is 5.01 Å². The first-order valence-electron chi connectivity index (χ1n) is 5.83. The Morgan fingerprint density at radius 2 is 2.18 bits per heavy atom. The summed E-state index contributed by atoms with van der Waals surface area (Å²) in [6, 6.07) is 6.18. The van der Waals surface area contributed by atoms with E-state index < -0.39 is 0 Å². The average Bonchev–Trinajstić information content (AvgIpc) is 2.77. The summed E-state index contributed by atoms with van der Waals surface area (Å²) in [7, 11) is 0. The maximum atomic E-state index is 4.58. The Kier molecular flexibility index (Phi) is 3.74. The highest BCUT2D eigenvalue weighted by Gasteiger charge is 2.09. The number of pyridine rings is 1. The van der Waals surface area contributed by atoms with E-state index in [-0.39, 0.29) is 6.04 Å². The van der Waals surface area contributed by atoms with Gasteiger partial charge in [-0.15, -0.1) is 11.3 Å². The number of aryl methyl sites for hydroxylation is 2. The van der Waals surface area contributed by atoms with Gasteiger partial charge in [-0.05, 0) is 32.4 Å². The van der Waals surface area contributed by atoms with Crippen LogP contribution in [0, 0.1) is 6.92 Å². The smallest absolute Gasteiger partial charge is 0.126 e. The molecular weight excluding hydrogens is 230 g/mol. The molecule has 1 unspecified atom stereocenters. The molecule has 0 spiro atoms. The molecule has 0 saturated heterocycles. The molecule has 0 aliphatic heterocycles. The third-order valence-electron chi connectivity index (χ3n) is 2.57. The maximum absolute atomic E-state index is 4.58. The second kappa shape index (κ2) is 5.27. The minimum atomic E-state index is 0.195. The molecule has 2 rings (SSSR count). The Bertz CT molecular complexity index is 493. The predicted octanol–water partition coefficient (Wildman–Crippen LogP) is 3.58. The van der Waals surface area contributed by atoms with Crippen molar-refractivity contribution in [3.63, 3.8) is 0 Å². The molecule has 3 nitrogen and oxygen atoms in total. The summed E-state index contributed by atoms with van der Waals surface area (Å²) in [5, 5.41) is 6.67. The fraction of sp³-hybridized carbons (Fsp3) is 0.385. The molecule has 0 fully saturated rings. The highest BCUT2D eigenvalue weighted by Crippen LogP contribution is 2.20. The van der Waals surface area contributed by atoms with Crippen LogP contribution >= 0.6 is 11.3 Å². The molecule has 1 N–H and O–H groups in total. The summed E-state index contributed by atoms with van der Waals surface area (Å²) in [6.07, 6.45) is 1.00. The molecule has 0 amide bonds. The molecule has 2 aromatic heterocycles. The molecule has 4 heteroatoms. The van der Waals surface area contributed by atoms with Crippen molar-refractivity contribution >= 4 is 17.2 Å². The molecule has 1 atom stereocenters. The SMILES string of the molecule is CCc1nc(C(C)Nc2cccc(C)n2)cs1. The van der Waals surface area contributed by atoms with E-state index >= 15 is 0 Å². The maximum Gasteiger partial charge on any atom is 0.126 e. The normalized spacial score (nSPS) is 12.4. The summed E-state index contributed by atoms with van der Waals surface area (Å²) in [5.41, 5.74) is 2.12. The molecule has 90 valence electrons. The standard InChI is InChI=1S/C13H17N3S/c1-4-13-16-11(8-17-13)10(3)15-12-7-5-6-9(2)14-12/h5-8,10H,4H2,1-3H3,(H,14,15). The molecule has 2 heterocycles. The quantitative estimate of drug-likeness (QED) is 0.897. The minimum absolute atomic E-state index is 0.195. The van der Waals surface area contributed by atoms with Gasteiger partial charge in [0.2, 0.25) is 0 Å². The van der Waals surface area contributed by atoms with Crippen molar-refractivity contribution < 1.29 is 0 Å². The lowest BCUT2D eigenvalue weighted by molar-refractivity contribution is 0.831. The van der Waals surface area contributed by atoms with Gasteiger partial charge in [0.05, 0.1) is 16.7 Å². The lowest BCUT2D eigenvalue weighted by atomic mass is 10.2. The first-order valence-corrected chi connectivity index (χ1v) is 6.71. The van der Waals surface area contributed by atoms with Crippen LogP contribution in [-0.4, -0.2) is 9.97 Å². The number of rotatable bonds is 4. The van der Waals surface area contributed by atoms with Crippen LogP contribution in [0.25, 0.3) is 0 Å². The summed E-state index contributed by atoms with van der Waals surface area (Å²) < 4.78 is 0. The van der Waals surface area contributed by atoms with Crippen LogP contribution in [0.3, 0.4) is 0 Å². The highest BCUT2D eigenvalue weighted by atomic mass is 32.1. The van der Waals surface area contributed by atoms with Crippen molar-refractivity contribution in [2.24, 2.45) is 0 Å². The van der Waals surface area contributed by atoms with Crippen molar-refractivity contribution in [3.05, 3.63) is 40.0 Å². The molecule has 0 aliphatic rings. The molecule has 0 aliphatic carbocycles. The van der Waals surface area contributed by atoms with Gasteiger partial charge in [-0.3, -0.25) is 0 Å². The Labute approximate surface area is 106 Å². The van der Waals surface area contributed by atoms with E-state index in [4.69, 9.17) is 0 Å². The lowest BCUT2D eigenvalue weighted by Crippen LogP contribution is -2.08. The van der Waals surface area contributed by atoms with E-state index in [0.29, 0.717) is 0 Å². The Balaban J connectivity index is 2.08. The number of nitrogens with zero attached hydrogens (tertiary/aromatic N) is 2. The second-order valence-electron chi connectivity index (χ2n) is 4.05. The van der Waals surface area contributed by atoms with Crippen LogP contribution in [0.15, 0.2) is 23.6 Å². The van der Waals surface area contributed by atoms with Gasteiger partial charge in [-0.1, -0.05) is 13.0 Å². The Morgan fingerprint density at radius 3 is 2.82 bits per heavy atom. The first-order chi connectivity index (χ1) is 8.19. The van der Waals surface area contributed by atoms with Crippen LogP contribution in [0.5, 0.6) is 0 Å². The minimum Gasteiger partial charge on any atom is -0.362 e. The van der Waals surface area contributed by atoms with E-state index in [2.05, 4.69) is 34.5 Å². The molecular formula is C13H17N3S. The summed E-state index contributed by atoms with van der Waals surface area (Å²) in [5.74, 6) is 0.906. The van der Waals surface area contributed by atoms with Crippen LogP contribution in [0.2, 0.25) is 0 Å². The lowest BCUT2D eigenvalue weighted by Gasteiger charge is -2.12. The Hall–Kier alpha value is -1.42. The van der Waals surface area contributed by atoms with Crippen molar-refractivity contribution in [2.45, 2.75) is 33.2 Å². The van der Waals surface area contributed by atoms with Gasteiger partial charge in [0.25, 0.3) is 0 Å². The zero-order valence-corrected chi connectivity index (χ0v) is 11.2. The third-order valence-corrected chi connectivity index (χ3v) is 3.58. The second-order valence-corrected chi connectivity index (χ2v) is 4.99. The monoisotopic (exact) mass is 247 g/mol. The summed E-state index contributed by atoms with van der Waals surface area (Å²) in [6.45, 7) is 6.23. The van der Waals surface area contributed by atoms with Crippen molar-refractivity contribution in [1.82, 2.24) is 9.97 Å². The third kappa shape index (κ3) is 3.03. The number of aromatic nitrogens is 2. The van der Waals surface area contributed by atoms with Gasteiger partial charge >= 0.3 is 0 Å². The van der Waals surface area contributed by atoms with Crippen LogP contribution in [-0.2, 0) is 6.42 Å². The van der Waals surface area contributed by atoms with Gasteiger partial charge in [0.15, 0.2) is 0 Å². The summed E-state index contributed by atoms with van der Waals surface area (Å²) >= 11 is 1.72. The van der Waals surface area contributed by atoms with Crippen molar-refractivity contribution in [1.29, 1.82) is 0 Å². The van der Waals surface area contributed by atoms with E-state index in [0.717, 1.165) is 23.6 Å². The zero-order valence-electron chi connectivity index (χ0n) is 10.4. The van der Waals surface area contributed by atoms with Crippen molar-refractivity contribution in [2.75, 3.05) is 5.32 Å². The van der Waals surface area contributed by atoms with E-state index in [9.17, 15) is 0 Å². The van der Waals surface area contributed by atoms with Gasteiger partial charge in [0.1, 0.15) is 5.82 Å². The first kappa shape index (κ1) is 12.0. The van der Waals surface area contributed by atoms with E-state index in [1.807, 2.05) is 25.1 Å².